The number of fused-ring (bicyclic) bond motifs is 1. The minimum Gasteiger partial charge on any atom is -0.438 e. The molecule has 0 aliphatic carbocycles. The third-order valence-electron chi connectivity index (χ3n) is 4.39. The summed E-state index contributed by atoms with van der Waals surface area (Å²) in [6, 6.07) is 5.70. The third kappa shape index (κ3) is 3.18. The zero-order chi connectivity index (χ0) is 19.0. The highest BCUT2D eigenvalue weighted by Crippen LogP contribution is 2.41. The summed E-state index contributed by atoms with van der Waals surface area (Å²) >= 11 is 3.60. The van der Waals surface area contributed by atoms with Gasteiger partial charge in [0, 0.05) is 45.8 Å². The van der Waals surface area contributed by atoms with Crippen LogP contribution in [0.1, 0.15) is 18.1 Å². The minimum absolute atomic E-state index is 0.565. The van der Waals surface area contributed by atoms with Gasteiger partial charge in [-0.15, -0.1) is 0 Å². The lowest BCUT2D eigenvalue weighted by molar-refractivity contribution is 0.974. The Morgan fingerprint density at radius 2 is 2.08 bits per heavy atom. The van der Waals surface area contributed by atoms with Crippen LogP contribution in [0.25, 0.3) is 11.6 Å². The normalized spacial score (nSPS) is 13.3. The first-order valence-electron chi connectivity index (χ1n) is 8.10. The van der Waals surface area contributed by atoms with Crippen LogP contribution in [0.4, 0.5) is 17.2 Å². The van der Waals surface area contributed by atoms with E-state index in [2.05, 4.69) is 50.6 Å². The van der Waals surface area contributed by atoms with E-state index < -0.39 is 0 Å². The van der Waals surface area contributed by atoms with Crippen molar-refractivity contribution < 1.29 is 0 Å². The van der Waals surface area contributed by atoms with Gasteiger partial charge in [0.2, 0.25) is 16.0 Å². The summed E-state index contributed by atoms with van der Waals surface area (Å²) in [5.41, 5.74) is 6.03. The number of nitrogens with one attached hydrogen (secondary N) is 1. The van der Waals surface area contributed by atoms with Crippen molar-refractivity contribution in [2.75, 3.05) is 28.5 Å². The van der Waals surface area contributed by atoms with Crippen molar-refractivity contribution in [3.63, 3.8) is 0 Å². The number of aromatic nitrogens is 1. The molecule has 0 saturated carbocycles. The predicted molar refractivity (Wildman–Crippen MR) is 117 cm³/mol. The van der Waals surface area contributed by atoms with Gasteiger partial charge < -0.3 is 14.9 Å². The molecule has 0 amide bonds. The van der Waals surface area contributed by atoms with Gasteiger partial charge in [0.25, 0.3) is 0 Å². The maximum Gasteiger partial charge on any atom is 0.228 e. The molecule has 0 bridgehead atoms. The second-order valence-corrected chi connectivity index (χ2v) is 6.88. The number of anilines is 3. The second kappa shape index (κ2) is 7.27. The molecule has 4 nitrogen and oxygen atoms in total. The molecule has 6 radical (unpaired) electrons. The van der Waals surface area contributed by atoms with Crippen molar-refractivity contribution in [3.8, 4) is 0 Å². The van der Waals surface area contributed by atoms with Crippen LogP contribution >= 0.6 is 15.9 Å². The molecule has 1 aliphatic rings. The van der Waals surface area contributed by atoms with Gasteiger partial charge in [-0.25, -0.2) is 4.98 Å². The highest BCUT2D eigenvalue weighted by molar-refractivity contribution is 9.10. The van der Waals surface area contributed by atoms with E-state index in [9.17, 15) is 0 Å². The van der Waals surface area contributed by atoms with Crippen LogP contribution < -0.4 is 20.4 Å². The van der Waals surface area contributed by atoms with Crippen molar-refractivity contribution >= 4 is 74.0 Å². The molecular weight excluding hydrogens is 385 g/mol. The van der Waals surface area contributed by atoms with E-state index in [1.54, 1.807) is 7.05 Å². The van der Waals surface area contributed by atoms with E-state index in [0.29, 0.717) is 17.0 Å². The number of likely N-dealkylation sites (N-methyl/N-ethyl adjacent to an activating group) is 1. The van der Waals surface area contributed by atoms with Gasteiger partial charge in [0.05, 0.1) is 5.69 Å². The van der Waals surface area contributed by atoms with E-state index >= 15 is 0 Å². The van der Waals surface area contributed by atoms with Gasteiger partial charge in [-0.05, 0) is 31.7 Å². The molecule has 1 aliphatic heterocycles. The number of halogens is 1. The molecule has 1 aromatic carbocycles. The number of nitrogens with zero attached hydrogens (tertiary/aromatic N) is 3. The van der Waals surface area contributed by atoms with E-state index in [4.69, 9.17) is 23.8 Å². The molecule has 0 spiro atoms. The Morgan fingerprint density at radius 1 is 1.35 bits per heavy atom. The van der Waals surface area contributed by atoms with E-state index in [1.165, 1.54) is 4.81 Å². The van der Waals surface area contributed by atoms with Crippen LogP contribution in [-0.2, 0) is 0 Å². The SMILES string of the molecule is [B]Nc1cc(C2=Cc3cnc(N([B])C)cc3N(CC)C2=C)c(Br)cc1[B]. The van der Waals surface area contributed by atoms with Gasteiger partial charge in [-0.1, -0.05) is 34.0 Å². The fraction of sp³-hybridized carbons (Fsp3) is 0.167. The molecule has 0 saturated heterocycles. The van der Waals surface area contributed by atoms with Gasteiger partial charge in [0.1, 0.15) is 13.7 Å². The summed E-state index contributed by atoms with van der Waals surface area (Å²) < 4.78 is 0.868. The highest BCUT2D eigenvalue weighted by atomic mass is 79.9. The number of hydrogen-bond donors (Lipinski definition) is 1. The zero-order valence-electron chi connectivity index (χ0n) is 14.8. The third-order valence-corrected chi connectivity index (χ3v) is 5.04. The Kier molecular flexibility index (Phi) is 5.23. The van der Waals surface area contributed by atoms with Crippen molar-refractivity contribution in [1.29, 1.82) is 0 Å². The Hall–Kier alpha value is -2.08. The number of pyridine rings is 1. The Labute approximate surface area is 166 Å². The standard InChI is InChI=1S/C18H16B3BrN4/c1-4-26-10(2)12(13-6-16(24-20)14(19)7-15(13)22)5-11-9-23-18(25(3)21)8-17(11)26/h5-9,24H,2,4H2,1,3H3. The van der Waals surface area contributed by atoms with Crippen LogP contribution in [0, 0.1) is 0 Å². The smallest absolute Gasteiger partial charge is 0.228 e. The second-order valence-electron chi connectivity index (χ2n) is 6.02. The van der Waals surface area contributed by atoms with Crippen LogP contribution in [0.5, 0.6) is 0 Å². The fourth-order valence-electron chi connectivity index (χ4n) is 3.03. The summed E-state index contributed by atoms with van der Waals surface area (Å²) in [5.74, 6) is 0.690. The quantitative estimate of drug-likeness (QED) is 0.799. The van der Waals surface area contributed by atoms with Gasteiger partial charge in [-0.2, -0.15) is 0 Å². The lowest BCUT2D eigenvalue weighted by atomic mass is 9.88. The topological polar surface area (TPSA) is 31.4 Å². The van der Waals surface area contributed by atoms with Crippen molar-refractivity contribution in [2.24, 2.45) is 0 Å². The molecule has 3 rings (SSSR count). The molecule has 0 unspecified atom stereocenters. The summed E-state index contributed by atoms with van der Waals surface area (Å²) in [7, 11) is 19.2. The van der Waals surface area contributed by atoms with Crippen molar-refractivity contribution in [2.45, 2.75) is 6.92 Å². The monoisotopic (exact) mass is 400 g/mol. The Morgan fingerprint density at radius 3 is 2.69 bits per heavy atom. The average molecular weight is 401 g/mol. The Bertz CT molecular complexity index is 912. The molecule has 26 heavy (non-hydrogen) atoms. The number of allylic oxidation sites excluding steroid dienone is 1. The van der Waals surface area contributed by atoms with E-state index in [-0.39, 0.29) is 0 Å². The molecule has 1 N–H and O–H groups in total. The first-order chi connectivity index (χ1) is 12.4. The van der Waals surface area contributed by atoms with Gasteiger partial charge >= 0.3 is 0 Å². The van der Waals surface area contributed by atoms with Gasteiger partial charge in [-0.3, -0.25) is 0 Å². The van der Waals surface area contributed by atoms with Crippen LogP contribution in [-0.4, -0.2) is 42.4 Å². The van der Waals surface area contributed by atoms with Crippen LogP contribution in [0.15, 0.2) is 41.1 Å². The largest absolute Gasteiger partial charge is 0.438 e. The highest BCUT2D eigenvalue weighted by Gasteiger charge is 2.24. The summed E-state index contributed by atoms with van der Waals surface area (Å²) in [5, 5.41) is 2.63. The first-order valence-corrected chi connectivity index (χ1v) is 8.89. The fourth-order valence-corrected chi connectivity index (χ4v) is 3.60. The molecule has 0 fully saturated rings. The lowest BCUT2D eigenvalue weighted by Gasteiger charge is -2.33. The molecule has 1 aromatic heterocycles. The van der Waals surface area contributed by atoms with E-state index in [1.807, 2.05) is 24.4 Å². The van der Waals surface area contributed by atoms with Gasteiger partial charge in [0.15, 0.2) is 0 Å². The molecular formula is C18H16B3BrN4. The average Bonchev–Trinajstić information content (AvgIpc) is 2.61. The number of rotatable bonds is 4. The minimum atomic E-state index is 0.565. The summed E-state index contributed by atoms with van der Waals surface area (Å²) in [6.07, 6.45) is 3.88. The molecule has 2 heterocycles. The number of benzene rings is 1. The van der Waals surface area contributed by atoms with E-state index in [0.717, 1.165) is 39.1 Å². The molecule has 2 aromatic rings. The van der Waals surface area contributed by atoms with Crippen LogP contribution in [0.3, 0.4) is 0 Å². The van der Waals surface area contributed by atoms with Crippen LogP contribution in [0.2, 0.25) is 0 Å². The molecule has 8 heteroatoms. The molecule has 0 atom stereocenters. The maximum atomic E-state index is 5.99. The van der Waals surface area contributed by atoms with Crippen molar-refractivity contribution in [3.05, 3.63) is 52.3 Å². The number of hydrogen-bond acceptors (Lipinski definition) is 4. The first kappa shape index (κ1) is 18.7. The zero-order valence-corrected chi connectivity index (χ0v) is 16.3. The molecule has 124 valence electrons. The van der Waals surface area contributed by atoms with Crippen molar-refractivity contribution in [1.82, 2.24) is 4.98 Å². The Balaban J connectivity index is 2.19. The predicted octanol–water partition coefficient (Wildman–Crippen LogP) is 2.55. The lowest BCUT2D eigenvalue weighted by Crippen LogP contribution is -2.26. The maximum absolute atomic E-state index is 5.99. The summed E-state index contributed by atoms with van der Waals surface area (Å²) in [6.45, 7) is 7.14. The summed E-state index contributed by atoms with van der Waals surface area (Å²) in [4.78, 5) is 8.05.